The third-order valence-electron chi connectivity index (χ3n) is 3.82. The van der Waals surface area contributed by atoms with Crippen LogP contribution in [0.5, 0.6) is 5.75 Å². The molecule has 1 aromatic carbocycles. The Morgan fingerprint density at radius 2 is 2.04 bits per heavy atom. The number of benzene rings is 1. The van der Waals surface area contributed by atoms with Crippen molar-refractivity contribution < 1.29 is 13.9 Å². The number of hydrogen-bond acceptors (Lipinski definition) is 4. The summed E-state index contributed by atoms with van der Waals surface area (Å²) < 4.78 is 11.0. The summed E-state index contributed by atoms with van der Waals surface area (Å²) in [5, 5.41) is 3.89. The molecule has 1 N–H and O–H groups in total. The summed E-state index contributed by atoms with van der Waals surface area (Å²) in [5.41, 5.74) is 1.52. The van der Waals surface area contributed by atoms with E-state index < -0.39 is 0 Å². The standard InChI is InChI=1S/C18H26N2O3/c1-12-14-9-13(22-6)7-8-15(14)23-16(12)17(21)19-10-18(2,3)11-20(4)5/h7-9H,10-11H2,1-6H3,(H,19,21). The Labute approximate surface area is 137 Å². The zero-order valence-electron chi connectivity index (χ0n) is 14.8. The highest BCUT2D eigenvalue weighted by Crippen LogP contribution is 2.28. The number of fused-ring (bicyclic) bond motifs is 1. The van der Waals surface area contributed by atoms with Crippen LogP contribution in [0.2, 0.25) is 0 Å². The van der Waals surface area contributed by atoms with Gasteiger partial charge >= 0.3 is 0 Å². The van der Waals surface area contributed by atoms with Crippen molar-refractivity contribution in [3.8, 4) is 5.75 Å². The van der Waals surface area contributed by atoms with E-state index in [2.05, 4.69) is 24.1 Å². The number of hydrogen-bond donors (Lipinski definition) is 1. The second kappa shape index (κ2) is 6.62. The molecule has 0 saturated heterocycles. The van der Waals surface area contributed by atoms with Crippen molar-refractivity contribution in [3.05, 3.63) is 29.5 Å². The average Bonchev–Trinajstić information content (AvgIpc) is 2.80. The number of aryl methyl sites for hydroxylation is 1. The number of carbonyl (C=O) groups excluding carboxylic acids is 1. The topological polar surface area (TPSA) is 54.7 Å². The van der Waals surface area contributed by atoms with Gasteiger partial charge in [-0.25, -0.2) is 0 Å². The number of amides is 1. The zero-order chi connectivity index (χ0) is 17.2. The van der Waals surface area contributed by atoms with Crippen LogP contribution in [0.15, 0.2) is 22.6 Å². The molecule has 0 aliphatic heterocycles. The molecule has 126 valence electrons. The van der Waals surface area contributed by atoms with Gasteiger partial charge in [-0.3, -0.25) is 4.79 Å². The number of carbonyl (C=O) groups is 1. The molecule has 0 unspecified atom stereocenters. The molecule has 5 nitrogen and oxygen atoms in total. The van der Waals surface area contributed by atoms with Crippen LogP contribution in [0.25, 0.3) is 11.0 Å². The van der Waals surface area contributed by atoms with E-state index in [9.17, 15) is 4.79 Å². The van der Waals surface area contributed by atoms with Crippen LogP contribution in [-0.2, 0) is 0 Å². The van der Waals surface area contributed by atoms with Crippen LogP contribution in [0.1, 0.15) is 30.0 Å². The Hall–Kier alpha value is -2.01. The maximum absolute atomic E-state index is 12.5. The van der Waals surface area contributed by atoms with Gasteiger partial charge in [-0.05, 0) is 44.6 Å². The fourth-order valence-corrected chi connectivity index (χ4v) is 2.86. The molecular weight excluding hydrogens is 292 g/mol. The summed E-state index contributed by atoms with van der Waals surface area (Å²) in [6.45, 7) is 7.63. The maximum Gasteiger partial charge on any atom is 0.287 e. The highest BCUT2D eigenvalue weighted by atomic mass is 16.5. The Morgan fingerprint density at radius 1 is 1.35 bits per heavy atom. The molecule has 0 aliphatic rings. The molecule has 0 atom stereocenters. The smallest absolute Gasteiger partial charge is 0.287 e. The predicted octanol–water partition coefficient (Wildman–Crippen LogP) is 3.07. The second-order valence-corrected chi connectivity index (χ2v) is 7.00. The first-order valence-electron chi connectivity index (χ1n) is 7.73. The van der Waals surface area contributed by atoms with Crippen LogP contribution < -0.4 is 10.1 Å². The molecule has 1 amide bonds. The summed E-state index contributed by atoms with van der Waals surface area (Å²) in [6, 6.07) is 5.54. The van der Waals surface area contributed by atoms with Gasteiger partial charge in [0.1, 0.15) is 11.3 Å². The summed E-state index contributed by atoms with van der Waals surface area (Å²) in [5.74, 6) is 0.943. The molecule has 5 heteroatoms. The van der Waals surface area contributed by atoms with E-state index in [4.69, 9.17) is 9.15 Å². The normalized spacial score (nSPS) is 12.0. The molecule has 0 bridgehead atoms. The van der Waals surface area contributed by atoms with Crippen LogP contribution in [0, 0.1) is 12.3 Å². The summed E-state index contributed by atoms with van der Waals surface area (Å²) >= 11 is 0. The molecule has 2 aromatic rings. The fraction of sp³-hybridized carbons (Fsp3) is 0.500. The lowest BCUT2D eigenvalue weighted by Gasteiger charge is -2.28. The number of furan rings is 1. The number of ether oxygens (including phenoxy) is 1. The molecule has 0 spiro atoms. The molecule has 0 radical (unpaired) electrons. The van der Waals surface area contributed by atoms with Crippen molar-refractivity contribution in [3.63, 3.8) is 0 Å². The van der Waals surface area contributed by atoms with Crippen LogP contribution in [-0.4, -0.2) is 45.1 Å². The van der Waals surface area contributed by atoms with Crippen LogP contribution in [0.3, 0.4) is 0 Å². The molecular formula is C18H26N2O3. The first-order valence-corrected chi connectivity index (χ1v) is 7.73. The van der Waals surface area contributed by atoms with E-state index in [-0.39, 0.29) is 11.3 Å². The maximum atomic E-state index is 12.5. The van der Waals surface area contributed by atoms with Gasteiger partial charge in [0.15, 0.2) is 5.76 Å². The predicted molar refractivity (Wildman–Crippen MR) is 92.2 cm³/mol. The van der Waals surface area contributed by atoms with Gasteiger partial charge in [-0.15, -0.1) is 0 Å². The molecule has 0 saturated carbocycles. The summed E-state index contributed by atoms with van der Waals surface area (Å²) in [4.78, 5) is 14.6. The number of methoxy groups -OCH3 is 1. The Bertz CT molecular complexity index is 702. The number of nitrogens with one attached hydrogen (secondary N) is 1. The lowest BCUT2D eigenvalue weighted by atomic mass is 9.93. The molecule has 0 aliphatic carbocycles. The lowest BCUT2D eigenvalue weighted by molar-refractivity contribution is 0.0902. The van der Waals surface area contributed by atoms with Crippen molar-refractivity contribution >= 4 is 16.9 Å². The van der Waals surface area contributed by atoms with E-state index in [0.717, 1.165) is 23.2 Å². The number of nitrogens with zero attached hydrogens (tertiary/aromatic N) is 1. The SMILES string of the molecule is COc1ccc2oc(C(=O)NCC(C)(C)CN(C)C)c(C)c2c1. The highest BCUT2D eigenvalue weighted by Gasteiger charge is 2.23. The third-order valence-corrected chi connectivity index (χ3v) is 3.82. The Kier molecular flexibility index (Phi) is 5.00. The molecule has 0 fully saturated rings. The first-order chi connectivity index (χ1) is 10.7. The molecule has 1 aromatic heterocycles. The van der Waals surface area contributed by atoms with Crippen LogP contribution >= 0.6 is 0 Å². The fourth-order valence-electron chi connectivity index (χ4n) is 2.86. The minimum Gasteiger partial charge on any atom is -0.497 e. The summed E-state index contributed by atoms with van der Waals surface area (Å²) in [6.07, 6.45) is 0. The van der Waals surface area contributed by atoms with E-state index in [0.29, 0.717) is 17.9 Å². The number of rotatable bonds is 6. The highest BCUT2D eigenvalue weighted by molar-refractivity contribution is 5.99. The van der Waals surface area contributed by atoms with Gasteiger partial charge < -0.3 is 19.4 Å². The third kappa shape index (κ3) is 4.05. The lowest BCUT2D eigenvalue weighted by Crippen LogP contribution is -2.40. The van der Waals surface area contributed by atoms with Crippen molar-refractivity contribution in [2.45, 2.75) is 20.8 Å². The van der Waals surface area contributed by atoms with Gasteiger partial charge in [0.05, 0.1) is 7.11 Å². The van der Waals surface area contributed by atoms with Crippen molar-refractivity contribution in [2.24, 2.45) is 5.41 Å². The Balaban J connectivity index is 2.17. The molecule has 23 heavy (non-hydrogen) atoms. The largest absolute Gasteiger partial charge is 0.497 e. The van der Waals surface area contributed by atoms with Crippen molar-refractivity contribution in [1.82, 2.24) is 10.2 Å². The quantitative estimate of drug-likeness (QED) is 0.889. The van der Waals surface area contributed by atoms with Gasteiger partial charge in [-0.2, -0.15) is 0 Å². The van der Waals surface area contributed by atoms with Gasteiger partial charge in [0.25, 0.3) is 5.91 Å². The van der Waals surface area contributed by atoms with E-state index in [1.54, 1.807) is 7.11 Å². The van der Waals surface area contributed by atoms with Gasteiger partial charge in [-0.1, -0.05) is 13.8 Å². The monoisotopic (exact) mass is 318 g/mol. The van der Waals surface area contributed by atoms with E-state index in [1.807, 2.05) is 39.2 Å². The van der Waals surface area contributed by atoms with Gasteiger partial charge in [0.2, 0.25) is 0 Å². The minimum atomic E-state index is -0.176. The van der Waals surface area contributed by atoms with Gasteiger partial charge in [0, 0.05) is 24.0 Å². The second-order valence-electron chi connectivity index (χ2n) is 7.00. The van der Waals surface area contributed by atoms with Crippen LogP contribution in [0.4, 0.5) is 0 Å². The zero-order valence-corrected chi connectivity index (χ0v) is 14.8. The minimum absolute atomic E-state index is 0.0116. The van der Waals surface area contributed by atoms with E-state index >= 15 is 0 Å². The molecule has 2 rings (SSSR count). The van der Waals surface area contributed by atoms with Crippen molar-refractivity contribution in [2.75, 3.05) is 34.3 Å². The summed E-state index contributed by atoms with van der Waals surface area (Å²) in [7, 11) is 5.68. The molecule has 1 heterocycles. The Morgan fingerprint density at radius 3 is 2.65 bits per heavy atom. The first kappa shape index (κ1) is 17.3. The van der Waals surface area contributed by atoms with Crippen molar-refractivity contribution in [1.29, 1.82) is 0 Å². The average molecular weight is 318 g/mol. The van der Waals surface area contributed by atoms with E-state index in [1.165, 1.54) is 0 Å².